The maximum atomic E-state index is 13.1. The molecule has 0 saturated heterocycles. The standard InChI is InChI=1S/C22H24N4O4S/c1-4-25(5-2)31(28,29)19-10-11-20-18(14-19)12-13-26(20)22(27)17-8-6-16(7-9-17)21-23-15(3)24-30-21/h6-11,14H,4-5,12-13H2,1-3H3. The average molecular weight is 441 g/mol. The first-order valence-electron chi connectivity index (χ1n) is 10.2. The zero-order valence-electron chi connectivity index (χ0n) is 17.7. The molecule has 0 fully saturated rings. The Labute approximate surface area is 181 Å². The van der Waals surface area contributed by atoms with Crippen molar-refractivity contribution in [3.8, 4) is 11.5 Å². The van der Waals surface area contributed by atoms with Gasteiger partial charge in [0.1, 0.15) is 0 Å². The summed E-state index contributed by atoms with van der Waals surface area (Å²) in [4.78, 5) is 19.2. The predicted molar refractivity (Wildman–Crippen MR) is 116 cm³/mol. The van der Waals surface area contributed by atoms with E-state index in [1.165, 1.54) is 4.31 Å². The van der Waals surface area contributed by atoms with Crippen LogP contribution in [0.15, 0.2) is 51.9 Å². The maximum Gasteiger partial charge on any atom is 0.258 e. The van der Waals surface area contributed by atoms with Crippen LogP contribution in [0.25, 0.3) is 11.5 Å². The molecule has 31 heavy (non-hydrogen) atoms. The highest BCUT2D eigenvalue weighted by molar-refractivity contribution is 7.89. The molecule has 3 aromatic rings. The molecule has 0 N–H and O–H groups in total. The summed E-state index contributed by atoms with van der Waals surface area (Å²) >= 11 is 0. The summed E-state index contributed by atoms with van der Waals surface area (Å²) in [5.74, 6) is 0.822. The molecule has 0 spiro atoms. The molecule has 8 nitrogen and oxygen atoms in total. The smallest absolute Gasteiger partial charge is 0.258 e. The molecule has 0 aliphatic carbocycles. The second kappa shape index (κ2) is 8.24. The number of fused-ring (bicyclic) bond motifs is 1. The van der Waals surface area contributed by atoms with Crippen LogP contribution in [0.5, 0.6) is 0 Å². The number of anilines is 1. The summed E-state index contributed by atoms with van der Waals surface area (Å²) in [5.41, 5.74) is 2.89. The number of carbonyl (C=O) groups is 1. The van der Waals surface area contributed by atoms with Gasteiger partial charge in [-0.3, -0.25) is 4.79 Å². The summed E-state index contributed by atoms with van der Waals surface area (Å²) in [5, 5.41) is 3.78. The van der Waals surface area contributed by atoms with Crippen LogP contribution in [-0.4, -0.2) is 48.4 Å². The minimum absolute atomic E-state index is 0.133. The van der Waals surface area contributed by atoms with Gasteiger partial charge < -0.3 is 9.42 Å². The quantitative estimate of drug-likeness (QED) is 0.584. The monoisotopic (exact) mass is 440 g/mol. The molecule has 4 rings (SSSR count). The lowest BCUT2D eigenvalue weighted by molar-refractivity contribution is 0.0989. The topological polar surface area (TPSA) is 96.6 Å². The second-order valence-corrected chi connectivity index (χ2v) is 9.25. The Balaban J connectivity index is 1.57. The highest BCUT2D eigenvalue weighted by Crippen LogP contribution is 2.32. The minimum Gasteiger partial charge on any atom is -0.334 e. The minimum atomic E-state index is -3.53. The molecule has 0 radical (unpaired) electrons. The van der Waals surface area contributed by atoms with E-state index in [-0.39, 0.29) is 10.8 Å². The van der Waals surface area contributed by atoms with E-state index in [0.717, 1.165) is 16.8 Å². The van der Waals surface area contributed by atoms with Crippen molar-refractivity contribution in [1.82, 2.24) is 14.4 Å². The fraction of sp³-hybridized carbons (Fsp3) is 0.318. The Morgan fingerprint density at radius 3 is 2.45 bits per heavy atom. The molecule has 1 aliphatic rings. The predicted octanol–water partition coefficient (Wildman–Crippen LogP) is 3.28. The Hall–Kier alpha value is -3.04. The van der Waals surface area contributed by atoms with Crippen molar-refractivity contribution in [2.75, 3.05) is 24.5 Å². The van der Waals surface area contributed by atoms with Gasteiger partial charge in [0.15, 0.2) is 5.82 Å². The molecule has 9 heteroatoms. The van der Waals surface area contributed by atoms with Gasteiger partial charge in [0.2, 0.25) is 10.0 Å². The average Bonchev–Trinajstić information content (AvgIpc) is 3.40. The second-order valence-electron chi connectivity index (χ2n) is 7.31. The lowest BCUT2D eigenvalue weighted by Gasteiger charge is -2.20. The van der Waals surface area contributed by atoms with E-state index in [9.17, 15) is 13.2 Å². The van der Waals surface area contributed by atoms with Gasteiger partial charge >= 0.3 is 0 Å². The lowest BCUT2D eigenvalue weighted by atomic mass is 10.1. The van der Waals surface area contributed by atoms with Gasteiger partial charge in [-0.2, -0.15) is 9.29 Å². The first-order valence-corrected chi connectivity index (χ1v) is 11.6. The Morgan fingerprint density at radius 2 is 1.84 bits per heavy atom. The highest BCUT2D eigenvalue weighted by Gasteiger charge is 2.29. The van der Waals surface area contributed by atoms with E-state index in [4.69, 9.17) is 4.52 Å². The molecule has 1 aliphatic heterocycles. The largest absolute Gasteiger partial charge is 0.334 e. The molecule has 0 unspecified atom stereocenters. The fourth-order valence-corrected chi connectivity index (χ4v) is 5.30. The van der Waals surface area contributed by atoms with Crippen molar-refractivity contribution < 1.29 is 17.7 Å². The van der Waals surface area contributed by atoms with Crippen molar-refractivity contribution in [2.24, 2.45) is 0 Å². The number of hydrogen-bond donors (Lipinski definition) is 0. The summed E-state index contributed by atoms with van der Waals surface area (Å²) in [6, 6.07) is 12.0. The third-order valence-corrected chi connectivity index (χ3v) is 7.49. The first-order chi connectivity index (χ1) is 14.8. The van der Waals surface area contributed by atoms with E-state index in [2.05, 4.69) is 10.1 Å². The number of aromatic nitrogens is 2. The molecule has 2 aromatic carbocycles. The van der Waals surface area contributed by atoms with E-state index in [0.29, 0.717) is 43.3 Å². The van der Waals surface area contributed by atoms with Gasteiger partial charge in [0.05, 0.1) is 4.90 Å². The molecular weight excluding hydrogens is 416 g/mol. The van der Waals surface area contributed by atoms with E-state index in [1.54, 1.807) is 54.3 Å². The van der Waals surface area contributed by atoms with Crippen LogP contribution >= 0.6 is 0 Å². The van der Waals surface area contributed by atoms with Gasteiger partial charge in [-0.15, -0.1) is 0 Å². The van der Waals surface area contributed by atoms with Gasteiger partial charge in [-0.25, -0.2) is 8.42 Å². The summed E-state index contributed by atoms with van der Waals surface area (Å²) < 4.78 is 32.2. The normalized spacial score (nSPS) is 13.6. The van der Waals surface area contributed by atoms with Crippen LogP contribution in [-0.2, 0) is 16.4 Å². The van der Waals surface area contributed by atoms with Crippen LogP contribution in [0.1, 0.15) is 35.6 Å². The van der Waals surface area contributed by atoms with Crippen molar-refractivity contribution in [3.63, 3.8) is 0 Å². The third-order valence-electron chi connectivity index (χ3n) is 5.44. The van der Waals surface area contributed by atoms with Crippen LogP contribution in [0.4, 0.5) is 5.69 Å². The lowest BCUT2D eigenvalue weighted by Crippen LogP contribution is -2.30. The number of rotatable bonds is 6. The number of hydrogen-bond acceptors (Lipinski definition) is 6. The Morgan fingerprint density at radius 1 is 1.13 bits per heavy atom. The SMILES string of the molecule is CCN(CC)S(=O)(=O)c1ccc2c(c1)CCN2C(=O)c1ccc(-c2nc(C)no2)cc1. The molecule has 0 bridgehead atoms. The zero-order chi connectivity index (χ0) is 22.2. The summed E-state index contributed by atoms with van der Waals surface area (Å²) in [6.45, 7) is 6.72. The molecule has 162 valence electrons. The van der Waals surface area contributed by atoms with E-state index in [1.807, 2.05) is 13.8 Å². The van der Waals surface area contributed by atoms with Crippen molar-refractivity contribution >= 4 is 21.6 Å². The number of amides is 1. The first kappa shape index (κ1) is 21.2. The summed E-state index contributed by atoms with van der Waals surface area (Å²) in [7, 11) is -3.53. The van der Waals surface area contributed by atoms with Gasteiger partial charge in [-0.05, 0) is 61.4 Å². The van der Waals surface area contributed by atoms with Crippen LogP contribution in [0, 0.1) is 6.92 Å². The maximum absolute atomic E-state index is 13.1. The fourth-order valence-electron chi connectivity index (χ4n) is 3.79. The van der Waals surface area contributed by atoms with Crippen molar-refractivity contribution in [1.29, 1.82) is 0 Å². The van der Waals surface area contributed by atoms with Crippen LogP contribution < -0.4 is 4.90 Å². The van der Waals surface area contributed by atoms with Crippen LogP contribution in [0.2, 0.25) is 0 Å². The Bertz CT molecular complexity index is 1210. The van der Waals surface area contributed by atoms with Crippen molar-refractivity contribution in [2.45, 2.75) is 32.1 Å². The van der Waals surface area contributed by atoms with Gasteiger partial charge in [-0.1, -0.05) is 19.0 Å². The molecule has 1 aromatic heterocycles. The molecule has 2 heterocycles. The molecule has 0 saturated carbocycles. The number of carbonyl (C=O) groups excluding carboxylic acids is 1. The third kappa shape index (κ3) is 3.86. The Kier molecular flexibility index (Phi) is 5.63. The van der Waals surface area contributed by atoms with Crippen LogP contribution in [0.3, 0.4) is 0 Å². The summed E-state index contributed by atoms with van der Waals surface area (Å²) in [6.07, 6.45) is 0.613. The van der Waals surface area contributed by atoms with E-state index >= 15 is 0 Å². The van der Waals surface area contributed by atoms with E-state index < -0.39 is 10.0 Å². The molecule has 1 amide bonds. The zero-order valence-corrected chi connectivity index (χ0v) is 18.5. The number of aryl methyl sites for hydroxylation is 1. The molecular formula is C22H24N4O4S. The number of benzene rings is 2. The highest BCUT2D eigenvalue weighted by atomic mass is 32.2. The van der Waals surface area contributed by atoms with Gasteiger partial charge in [0.25, 0.3) is 11.8 Å². The molecule has 0 atom stereocenters. The van der Waals surface area contributed by atoms with Gasteiger partial charge in [0, 0.05) is 36.4 Å². The van der Waals surface area contributed by atoms with Crippen molar-refractivity contribution in [3.05, 3.63) is 59.4 Å². The number of sulfonamides is 1. The number of nitrogens with zero attached hydrogens (tertiary/aromatic N) is 4.